The van der Waals surface area contributed by atoms with Crippen molar-refractivity contribution in [2.45, 2.75) is 46.5 Å². The highest BCUT2D eigenvalue weighted by Gasteiger charge is 2.27. The average Bonchev–Trinajstić information content (AvgIpc) is 3.83. The van der Waals surface area contributed by atoms with Crippen LogP contribution in [-0.2, 0) is 0 Å². The molecule has 0 unspecified atom stereocenters. The molecule has 1 aliphatic carbocycles. The number of benzene rings is 11. The van der Waals surface area contributed by atoms with E-state index in [0.717, 1.165) is 68.1 Å². The normalized spacial score (nSPS) is 12.9. The summed E-state index contributed by atoms with van der Waals surface area (Å²) >= 11 is 0. The van der Waals surface area contributed by atoms with Crippen LogP contribution in [0.25, 0.3) is 82.1 Å². The minimum atomic E-state index is 0.734. The third-order valence-corrected chi connectivity index (χ3v) is 15.4. The van der Waals surface area contributed by atoms with Gasteiger partial charge in [0.2, 0.25) is 0 Å². The van der Waals surface area contributed by atoms with E-state index in [-0.39, 0.29) is 0 Å². The van der Waals surface area contributed by atoms with Crippen LogP contribution in [0.1, 0.15) is 47.9 Å². The van der Waals surface area contributed by atoms with Gasteiger partial charge < -0.3 is 14.2 Å². The fourth-order valence-corrected chi connectivity index (χ4v) is 11.7. The summed E-state index contributed by atoms with van der Waals surface area (Å²) in [5, 5.41) is 9.47. The van der Waals surface area contributed by atoms with Crippen LogP contribution >= 0.6 is 0 Å². The molecule has 3 nitrogen and oxygen atoms in total. The smallest absolute Gasteiger partial charge is 0.159 e. The summed E-state index contributed by atoms with van der Waals surface area (Å²) in [6, 6.07) is 77.9. The minimum absolute atomic E-state index is 0.734. The minimum Gasteiger partial charge on any atom is -0.454 e. The second kappa shape index (κ2) is 20.1. The molecule has 1 heterocycles. The third-order valence-electron chi connectivity index (χ3n) is 15.4. The molecule has 13 rings (SSSR count). The summed E-state index contributed by atoms with van der Waals surface area (Å²) < 4.78 is 6.87. The largest absolute Gasteiger partial charge is 0.454 e. The number of nitrogens with zero attached hydrogens (tertiary/aromatic N) is 2. The topological polar surface area (TPSA) is 19.6 Å². The van der Waals surface area contributed by atoms with Gasteiger partial charge in [0.1, 0.15) is 5.58 Å². The molecule has 0 atom stereocenters. The molecule has 0 spiro atoms. The van der Waals surface area contributed by atoms with Crippen LogP contribution in [0.15, 0.2) is 235 Å². The summed E-state index contributed by atoms with van der Waals surface area (Å²) in [5.41, 5.74) is 18.4. The van der Waals surface area contributed by atoms with Crippen molar-refractivity contribution in [1.29, 1.82) is 0 Å². The second-order valence-electron chi connectivity index (χ2n) is 20.2. The summed E-state index contributed by atoms with van der Waals surface area (Å²) in [6.07, 6.45) is 20.0. The Hall–Kier alpha value is -9.10. The Bertz CT molecular complexity index is 4130. The molecule has 0 radical (unpaired) electrons. The van der Waals surface area contributed by atoms with E-state index in [1.807, 2.05) is 0 Å². The Kier molecular flexibility index (Phi) is 12.6. The van der Waals surface area contributed by atoms with Crippen LogP contribution in [0.4, 0.5) is 28.4 Å². The van der Waals surface area contributed by atoms with E-state index in [0.29, 0.717) is 0 Å². The molecular formula is C72H58N2O. The molecule has 0 saturated heterocycles. The van der Waals surface area contributed by atoms with E-state index < -0.39 is 0 Å². The van der Waals surface area contributed by atoms with Crippen molar-refractivity contribution in [3.05, 3.63) is 253 Å². The predicted molar refractivity (Wildman–Crippen MR) is 321 cm³/mol. The first kappa shape index (κ1) is 46.9. The van der Waals surface area contributed by atoms with E-state index in [9.17, 15) is 0 Å². The van der Waals surface area contributed by atoms with Gasteiger partial charge in [0, 0.05) is 49.9 Å². The molecule has 0 aliphatic heterocycles. The molecule has 0 N–H and O–H groups in total. The number of aryl methyl sites for hydroxylation is 3. The Balaban J connectivity index is 0.00000281. The highest BCUT2D eigenvalue weighted by Crippen LogP contribution is 2.52. The summed E-state index contributed by atoms with van der Waals surface area (Å²) in [5.74, 6) is 0.734. The fraction of sp³-hybridized carbons (Fsp3) is 0.111. The van der Waals surface area contributed by atoms with Crippen LogP contribution in [0.2, 0.25) is 0 Å². The number of anilines is 5. The highest BCUT2D eigenvalue weighted by atomic mass is 16.3. The van der Waals surface area contributed by atoms with Gasteiger partial charge in [-0.05, 0) is 137 Å². The number of hydrogen-bond donors (Lipinski definition) is 0. The standard InChI is InChI=1S/C70H56N2O.C2H2/c1-46-19-14-24-50(41-46)62-44-65(71(53-27-6-4-7-28-53)40-18-26-52(43-49-22-16-23-49)55-31-11-10-21-48(55)3)60-38-36-58-63(51-25-15-20-47(2)42-51)45-66(61-39-37-57(62)68(60)69(58)61)72(54-29-8-5-9-30-54)64-34-17-33-59-56-32-12-13-35-67(56)73-70(59)64;1-2/h4-15,17-21,24-42,44-45,49H,16,22-23,43H2,1-3H3;1-2H/b40-18-,52-26+;. The predicted octanol–water partition coefficient (Wildman–Crippen LogP) is 20.4. The molecule has 0 amide bonds. The number of fused-ring (bicyclic) bond motifs is 3. The number of furan rings is 1. The Labute approximate surface area is 440 Å². The van der Waals surface area contributed by atoms with Gasteiger partial charge in [0.15, 0.2) is 5.58 Å². The average molecular weight is 967 g/mol. The maximum absolute atomic E-state index is 6.87. The zero-order valence-corrected chi connectivity index (χ0v) is 42.8. The first-order valence-electron chi connectivity index (χ1n) is 26.2. The first-order valence-corrected chi connectivity index (χ1v) is 26.2. The molecule has 362 valence electrons. The van der Waals surface area contributed by atoms with E-state index in [1.54, 1.807) is 0 Å². The van der Waals surface area contributed by atoms with Gasteiger partial charge in [-0.15, -0.1) is 12.8 Å². The molecule has 1 aromatic heterocycles. The van der Waals surface area contributed by atoms with Gasteiger partial charge in [0.05, 0.1) is 17.1 Å². The first-order chi connectivity index (χ1) is 36.9. The SMILES string of the molecule is C#C.Cc1cccc(-c2cc(N(/C=C\C=C(/CC3CCC3)c3ccccc3C)c3ccccc3)c3ccc4c(-c5cccc(C)c5)cc(N(c5ccccc5)c5cccc6c5oc5ccccc56)c5ccc2c3c45)c1. The molecule has 3 heteroatoms. The zero-order chi connectivity index (χ0) is 51.0. The number of rotatable bonds is 12. The van der Waals surface area contributed by atoms with Gasteiger partial charge in [-0.2, -0.15) is 0 Å². The molecule has 1 aliphatic rings. The third kappa shape index (κ3) is 8.59. The lowest BCUT2D eigenvalue weighted by atomic mass is 9.79. The fourth-order valence-electron chi connectivity index (χ4n) is 11.7. The van der Waals surface area contributed by atoms with Crippen molar-refractivity contribution in [3.8, 4) is 35.1 Å². The van der Waals surface area contributed by atoms with Gasteiger partial charge in [-0.25, -0.2) is 0 Å². The maximum Gasteiger partial charge on any atom is 0.159 e. The van der Waals surface area contributed by atoms with Crippen molar-refractivity contribution in [3.63, 3.8) is 0 Å². The van der Waals surface area contributed by atoms with E-state index in [2.05, 4.69) is 274 Å². The van der Waals surface area contributed by atoms with Gasteiger partial charge in [0.25, 0.3) is 0 Å². The summed E-state index contributed by atoms with van der Waals surface area (Å²) in [7, 11) is 0. The van der Waals surface area contributed by atoms with Crippen molar-refractivity contribution in [2.75, 3.05) is 9.80 Å². The monoisotopic (exact) mass is 966 g/mol. The van der Waals surface area contributed by atoms with Crippen molar-refractivity contribution in [2.24, 2.45) is 5.92 Å². The number of allylic oxidation sites excluding steroid dienone is 3. The molecule has 1 fully saturated rings. The lowest BCUT2D eigenvalue weighted by Gasteiger charge is -2.30. The lowest BCUT2D eigenvalue weighted by molar-refractivity contribution is 0.323. The molecule has 75 heavy (non-hydrogen) atoms. The van der Waals surface area contributed by atoms with Crippen LogP contribution < -0.4 is 9.80 Å². The van der Waals surface area contributed by atoms with E-state index in [4.69, 9.17) is 4.42 Å². The molecule has 12 aromatic rings. The van der Waals surface area contributed by atoms with E-state index in [1.165, 1.54) is 96.3 Å². The van der Waals surface area contributed by atoms with Crippen LogP contribution in [0, 0.1) is 39.5 Å². The lowest BCUT2D eigenvalue weighted by Crippen LogP contribution is -2.12. The van der Waals surface area contributed by atoms with Crippen molar-refractivity contribution in [1.82, 2.24) is 0 Å². The molecule has 0 bridgehead atoms. The van der Waals surface area contributed by atoms with Crippen LogP contribution in [0.5, 0.6) is 0 Å². The van der Waals surface area contributed by atoms with Crippen LogP contribution in [-0.4, -0.2) is 0 Å². The molecule has 1 saturated carbocycles. The molecular weight excluding hydrogens is 909 g/mol. The number of para-hydroxylation sites is 4. The van der Waals surface area contributed by atoms with Crippen LogP contribution in [0.3, 0.4) is 0 Å². The van der Waals surface area contributed by atoms with E-state index >= 15 is 0 Å². The highest BCUT2D eigenvalue weighted by molar-refractivity contribution is 6.32. The summed E-state index contributed by atoms with van der Waals surface area (Å²) in [6.45, 7) is 6.63. The summed E-state index contributed by atoms with van der Waals surface area (Å²) in [4.78, 5) is 4.85. The zero-order valence-electron chi connectivity index (χ0n) is 42.8. The van der Waals surface area contributed by atoms with Gasteiger partial charge in [-0.1, -0.05) is 200 Å². The molecule has 11 aromatic carbocycles. The maximum atomic E-state index is 6.87. The Morgan fingerprint density at radius 1 is 0.507 bits per heavy atom. The Morgan fingerprint density at radius 2 is 1.07 bits per heavy atom. The quantitative estimate of drug-likeness (QED) is 0.0691. The van der Waals surface area contributed by atoms with Crippen molar-refractivity contribution < 1.29 is 4.42 Å². The van der Waals surface area contributed by atoms with Gasteiger partial charge in [-0.3, -0.25) is 0 Å². The second-order valence-corrected chi connectivity index (χ2v) is 20.2. The Morgan fingerprint density at radius 3 is 1.71 bits per heavy atom. The number of terminal acetylenes is 1. The van der Waals surface area contributed by atoms with Crippen molar-refractivity contribution >= 4 is 88.3 Å². The van der Waals surface area contributed by atoms with Gasteiger partial charge >= 0.3 is 0 Å². The number of hydrogen-bond acceptors (Lipinski definition) is 3.